The molecule has 0 nitrogen and oxygen atoms in total. The molecule has 0 saturated carbocycles. The lowest BCUT2D eigenvalue weighted by molar-refractivity contribution is -0.0940. The van der Waals surface area contributed by atoms with Gasteiger partial charge in [-0.05, 0) is 19.8 Å². The topological polar surface area (TPSA) is 0 Å². The second-order valence-electron chi connectivity index (χ2n) is 2.14. The van der Waals surface area contributed by atoms with Gasteiger partial charge in [0.1, 0.15) is 0 Å². The van der Waals surface area contributed by atoms with Crippen molar-refractivity contribution < 1.29 is 13.2 Å². The third-order valence-electron chi connectivity index (χ3n) is 1.33. The van der Waals surface area contributed by atoms with Gasteiger partial charge < -0.3 is 0 Å². The molecule has 0 radical (unpaired) electrons. The van der Waals surface area contributed by atoms with Crippen molar-refractivity contribution in [2.75, 3.05) is 0 Å². The molecule has 0 fully saturated rings. The normalized spacial score (nSPS) is 13.3. The summed E-state index contributed by atoms with van der Waals surface area (Å²) in [5.74, 6) is 0. The summed E-state index contributed by atoms with van der Waals surface area (Å²) >= 11 is 0. The van der Waals surface area contributed by atoms with Gasteiger partial charge in [-0.1, -0.05) is 12.2 Å². The van der Waals surface area contributed by atoms with E-state index in [0.29, 0.717) is 6.42 Å². The second kappa shape index (κ2) is 4.21. The summed E-state index contributed by atoms with van der Waals surface area (Å²) in [5.41, 5.74) is -0.475. The average Bonchev–Trinajstić information content (AvgIpc) is 1.87. The highest BCUT2D eigenvalue weighted by Crippen LogP contribution is 2.28. The maximum atomic E-state index is 11.9. The molecule has 0 amide bonds. The Kier molecular flexibility index (Phi) is 3.93. The van der Waals surface area contributed by atoms with Gasteiger partial charge in [-0.25, -0.2) is 0 Å². The Balaban J connectivity index is 4.09. The summed E-state index contributed by atoms with van der Waals surface area (Å²) in [6, 6.07) is 0. The smallest absolute Gasteiger partial charge is 0.166 e. The number of hydrogen-bond donors (Lipinski definition) is 0. The van der Waals surface area contributed by atoms with E-state index in [-0.39, 0.29) is 6.42 Å². The van der Waals surface area contributed by atoms with Gasteiger partial charge in [-0.3, -0.25) is 0 Å². The molecule has 3 heteroatoms. The van der Waals surface area contributed by atoms with E-state index >= 15 is 0 Å². The molecule has 0 aliphatic rings. The van der Waals surface area contributed by atoms with E-state index in [0.717, 1.165) is 6.08 Å². The number of halogens is 3. The van der Waals surface area contributed by atoms with Gasteiger partial charge in [0.05, 0.1) is 0 Å². The fourth-order valence-electron chi connectivity index (χ4n) is 0.707. The molecule has 0 rings (SSSR count). The van der Waals surface area contributed by atoms with Crippen molar-refractivity contribution in [1.82, 2.24) is 0 Å². The quantitative estimate of drug-likeness (QED) is 0.560. The van der Waals surface area contributed by atoms with Crippen LogP contribution in [-0.2, 0) is 0 Å². The van der Waals surface area contributed by atoms with Gasteiger partial charge in [0.15, 0.2) is 0 Å². The van der Waals surface area contributed by atoms with Crippen LogP contribution in [0.1, 0.15) is 19.8 Å². The Morgan fingerprint density at radius 1 is 1.45 bits per heavy atom. The fraction of sp³-hybridized carbons (Fsp3) is 0.500. The van der Waals surface area contributed by atoms with Crippen LogP contribution < -0.4 is 0 Å². The SMILES string of the molecule is C=CCC/C(=C\C)C(F)(F)F. The Hall–Kier alpha value is -0.730. The molecule has 0 aliphatic heterocycles. The summed E-state index contributed by atoms with van der Waals surface area (Å²) in [6.07, 6.45) is -1.18. The van der Waals surface area contributed by atoms with Crippen molar-refractivity contribution in [2.45, 2.75) is 25.9 Å². The molecule has 0 aromatic rings. The number of rotatable bonds is 3. The summed E-state index contributed by atoms with van der Waals surface area (Å²) in [6.45, 7) is 4.75. The van der Waals surface area contributed by atoms with Crippen LogP contribution in [0.2, 0.25) is 0 Å². The van der Waals surface area contributed by atoms with Crippen LogP contribution in [0.4, 0.5) is 13.2 Å². The summed E-state index contributed by atoms with van der Waals surface area (Å²) < 4.78 is 35.8. The van der Waals surface area contributed by atoms with Crippen LogP contribution in [0, 0.1) is 0 Å². The van der Waals surface area contributed by atoms with Gasteiger partial charge in [0.2, 0.25) is 0 Å². The lowest BCUT2D eigenvalue weighted by atomic mass is 10.1. The monoisotopic (exact) mass is 164 g/mol. The van der Waals surface area contributed by atoms with E-state index in [1.54, 1.807) is 0 Å². The standard InChI is InChI=1S/C8H11F3/c1-3-5-6-7(4-2)8(9,10)11/h3-4H,1,5-6H2,2H3/b7-4+. The van der Waals surface area contributed by atoms with Crippen molar-refractivity contribution in [3.63, 3.8) is 0 Å². The minimum absolute atomic E-state index is 0.0312. The Morgan fingerprint density at radius 3 is 2.27 bits per heavy atom. The van der Waals surface area contributed by atoms with Gasteiger partial charge in [0.25, 0.3) is 0 Å². The third kappa shape index (κ3) is 3.86. The molecule has 0 heterocycles. The molecule has 0 spiro atoms. The predicted molar refractivity (Wildman–Crippen MR) is 39.2 cm³/mol. The molecular weight excluding hydrogens is 153 g/mol. The van der Waals surface area contributed by atoms with E-state index < -0.39 is 11.7 Å². The minimum atomic E-state index is -4.17. The molecule has 11 heavy (non-hydrogen) atoms. The average molecular weight is 164 g/mol. The zero-order valence-corrected chi connectivity index (χ0v) is 6.41. The molecule has 0 saturated heterocycles. The molecule has 0 N–H and O–H groups in total. The Bertz CT molecular complexity index is 153. The highest BCUT2D eigenvalue weighted by Gasteiger charge is 2.31. The van der Waals surface area contributed by atoms with E-state index in [9.17, 15) is 13.2 Å². The molecular formula is C8H11F3. The van der Waals surface area contributed by atoms with Gasteiger partial charge in [-0.15, -0.1) is 6.58 Å². The van der Waals surface area contributed by atoms with Crippen molar-refractivity contribution in [1.29, 1.82) is 0 Å². The Morgan fingerprint density at radius 2 is 2.00 bits per heavy atom. The van der Waals surface area contributed by atoms with Crippen molar-refractivity contribution in [2.24, 2.45) is 0 Å². The van der Waals surface area contributed by atoms with Gasteiger partial charge in [-0.2, -0.15) is 13.2 Å². The van der Waals surface area contributed by atoms with Crippen molar-refractivity contribution in [3.05, 3.63) is 24.3 Å². The van der Waals surface area contributed by atoms with Crippen molar-refractivity contribution >= 4 is 0 Å². The Labute approximate surface area is 64.4 Å². The predicted octanol–water partition coefficient (Wildman–Crippen LogP) is 3.46. The van der Waals surface area contributed by atoms with Crippen LogP contribution in [0.5, 0.6) is 0 Å². The lowest BCUT2D eigenvalue weighted by Crippen LogP contribution is -2.11. The van der Waals surface area contributed by atoms with E-state index in [1.807, 2.05) is 0 Å². The van der Waals surface area contributed by atoms with E-state index in [1.165, 1.54) is 13.0 Å². The molecule has 0 unspecified atom stereocenters. The molecule has 0 aliphatic carbocycles. The zero-order valence-electron chi connectivity index (χ0n) is 6.41. The first kappa shape index (κ1) is 10.3. The number of hydrogen-bond acceptors (Lipinski definition) is 0. The summed E-state index contributed by atoms with van der Waals surface area (Å²) in [5, 5.41) is 0. The van der Waals surface area contributed by atoms with Gasteiger partial charge in [0, 0.05) is 5.57 Å². The van der Waals surface area contributed by atoms with Crippen LogP contribution in [0.3, 0.4) is 0 Å². The second-order valence-corrected chi connectivity index (χ2v) is 2.14. The lowest BCUT2D eigenvalue weighted by Gasteiger charge is -2.09. The van der Waals surface area contributed by atoms with E-state index in [2.05, 4.69) is 6.58 Å². The minimum Gasteiger partial charge on any atom is -0.166 e. The van der Waals surface area contributed by atoms with Gasteiger partial charge >= 0.3 is 6.18 Å². The highest BCUT2D eigenvalue weighted by molar-refractivity contribution is 5.08. The zero-order chi connectivity index (χ0) is 8.91. The van der Waals surface area contributed by atoms with E-state index in [4.69, 9.17) is 0 Å². The molecule has 64 valence electrons. The summed E-state index contributed by atoms with van der Waals surface area (Å²) in [4.78, 5) is 0. The maximum Gasteiger partial charge on any atom is 0.412 e. The molecule has 0 aromatic carbocycles. The first-order valence-corrected chi connectivity index (χ1v) is 3.35. The number of allylic oxidation sites excluding steroid dienone is 3. The highest BCUT2D eigenvalue weighted by atomic mass is 19.4. The molecule has 0 atom stereocenters. The maximum absolute atomic E-state index is 11.9. The summed E-state index contributed by atoms with van der Waals surface area (Å²) in [7, 11) is 0. The van der Waals surface area contributed by atoms with Crippen molar-refractivity contribution in [3.8, 4) is 0 Å². The van der Waals surface area contributed by atoms with Crippen LogP contribution in [-0.4, -0.2) is 6.18 Å². The van der Waals surface area contributed by atoms with Crippen LogP contribution in [0.25, 0.3) is 0 Å². The first-order chi connectivity index (χ1) is 5.02. The van der Waals surface area contributed by atoms with Crippen LogP contribution in [0.15, 0.2) is 24.3 Å². The number of alkyl halides is 3. The molecule has 0 aromatic heterocycles. The third-order valence-corrected chi connectivity index (χ3v) is 1.33. The largest absolute Gasteiger partial charge is 0.412 e. The van der Waals surface area contributed by atoms with Crippen LogP contribution >= 0.6 is 0 Å². The molecule has 0 bridgehead atoms. The first-order valence-electron chi connectivity index (χ1n) is 3.35. The fourth-order valence-corrected chi connectivity index (χ4v) is 0.707.